The number of aryl methyl sites for hydroxylation is 1. The number of carboxylic acids is 1. The Bertz CT molecular complexity index is 628. The molecule has 112 valence electrons. The van der Waals surface area contributed by atoms with Crippen LogP contribution in [0.3, 0.4) is 0 Å². The first-order valence-corrected chi connectivity index (χ1v) is 8.80. The van der Waals surface area contributed by atoms with Gasteiger partial charge in [-0.05, 0) is 24.8 Å². The van der Waals surface area contributed by atoms with Crippen LogP contribution < -0.4 is 0 Å². The van der Waals surface area contributed by atoms with Crippen molar-refractivity contribution in [1.29, 1.82) is 0 Å². The average molecular weight is 323 g/mol. The van der Waals surface area contributed by atoms with Gasteiger partial charge in [-0.2, -0.15) is 0 Å². The Labute approximate surface area is 132 Å². The summed E-state index contributed by atoms with van der Waals surface area (Å²) in [6.45, 7) is 2.09. The molecule has 0 atom stereocenters. The second kappa shape index (κ2) is 7.51. The lowest BCUT2D eigenvalue weighted by atomic mass is 10.3. The molecule has 1 N–H and O–H groups in total. The summed E-state index contributed by atoms with van der Waals surface area (Å²) in [5.41, 5.74) is 1.01. The van der Waals surface area contributed by atoms with Crippen molar-refractivity contribution >= 4 is 29.5 Å². The van der Waals surface area contributed by atoms with E-state index in [0.29, 0.717) is 5.16 Å². The zero-order valence-corrected chi connectivity index (χ0v) is 13.6. The first kappa shape index (κ1) is 15.9. The maximum atomic E-state index is 10.8. The molecule has 0 aliphatic carbocycles. The number of benzene rings is 1. The van der Waals surface area contributed by atoms with Gasteiger partial charge in [0.05, 0.1) is 11.4 Å². The molecule has 21 heavy (non-hydrogen) atoms. The highest BCUT2D eigenvalue weighted by atomic mass is 32.2. The van der Waals surface area contributed by atoms with Gasteiger partial charge in [0, 0.05) is 11.3 Å². The largest absolute Gasteiger partial charge is 0.481 e. The number of aliphatic carboxylic acids is 1. The molecule has 1 aromatic carbocycles. The average Bonchev–Trinajstić information content (AvgIpc) is 2.88. The van der Waals surface area contributed by atoms with Crippen molar-refractivity contribution in [3.8, 4) is 5.69 Å². The van der Waals surface area contributed by atoms with Crippen LogP contribution in [0.4, 0.5) is 0 Å². The predicted molar refractivity (Wildman–Crippen MR) is 85.5 cm³/mol. The number of thioether (sulfide) groups is 2. The van der Waals surface area contributed by atoms with Crippen molar-refractivity contribution in [2.24, 2.45) is 0 Å². The Kier molecular flexibility index (Phi) is 5.69. The van der Waals surface area contributed by atoms with E-state index in [2.05, 4.69) is 17.1 Å². The Hall–Kier alpha value is -1.47. The van der Waals surface area contributed by atoms with Crippen LogP contribution in [-0.2, 0) is 11.2 Å². The zero-order chi connectivity index (χ0) is 15.2. The van der Waals surface area contributed by atoms with Crippen molar-refractivity contribution in [2.75, 3.05) is 12.0 Å². The highest BCUT2D eigenvalue weighted by molar-refractivity contribution is 7.99. The van der Waals surface area contributed by atoms with E-state index < -0.39 is 5.97 Å². The molecule has 0 saturated carbocycles. The molecule has 2 rings (SSSR count). The summed E-state index contributed by atoms with van der Waals surface area (Å²) in [5.74, 6) is -0.0114. The number of rotatable bonds is 7. The minimum absolute atomic E-state index is 0.0221. The van der Waals surface area contributed by atoms with E-state index in [-0.39, 0.29) is 5.75 Å². The number of carboxylic acid groups (broad SMARTS) is 1. The normalized spacial score (nSPS) is 10.8. The van der Waals surface area contributed by atoms with Crippen LogP contribution >= 0.6 is 23.5 Å². The molecule has 0 amide bonds. The number of hydrogen-bond acceptors (Lipinski definition) is 5. The number of hydrogen-bond donors (Lipinski definition) is 1. The van der Waals surface area contributed by atoms with Gasteiger partial charge in [-0.1, -0.05) is 30.8 Å². The monoisotopic (exact) mass is 323 g/mol. The SMILES string of the molecule is CCCc1nnc(SCC(=O)O)n1-c1ccccc1SC. The fraction of sp³-hybridized carbons (Fsp3) is 0.357. The second-order valence-electron chi connectivity index (χ2n) is 4.34. The lowest BCUT2D eigenvalue weighted by molar-refractivity contribution is -0.133. The topological polar surface area (TPSA) is 68.0 Å². The summed E-state index contributed by atoms with van der Waals surface area (Å²) in [7, 11) is 0. The summed E-state index contributed by atoms with van der Waals surface area (Å²) in [5, 5.41) is 17.9. The molecule has 0 unspecified atom stereocenters. The lowest BCUT2D eigenvalue weighted by Crippen LogP contribution is -2.06. The van der Waals surface area contributed by atoms with Crippen LogP contribution in [0.1, 0.15) is 19.2 Å². The summed E-state index contributed by atoms with van der Waals surface area (Å²) in [6, 6.07) is 8.01. The highest BCUT2D eigenvalue weighted by Gasteiger charge is 2.17. The molecule has 0 saturated heterocycles. The van der Waals surface area contributed by atoms with Gasteiger partial charge in [0.2, 0.25) is 0 Å². The standard InChI is InChI=1S/C14H17N3O2S2/c1-3-6-12-15-16-14(21-9-13(18)19)17(12)10-7-4-5-8-11(10)20-2/h4-5,7-8H,3,6,9H2,1-2H3,(H,18,19). The fourth-order valence-electron chi connectivity index (χ4n) is 1.96. The van der Waals surface area contributed by atoms with Gasteiger partial charge < -0.3 is 5.11 Å². The number of nitrogens with zero attached hydrogens (tertiary/aromatic N) is 3. The Morgan fingerprint density at radius 2 is 2.10 bits per heavy atom. The third-order valence-electron chi connectivity index (χ3n) is 2.82. The predicted octanol–water partition coefficient (Wildman–Crippen LogP) is 3.12. The van der Waals surface area contributed by atoms with Crippen LogP contribution in [0.15, 0.2) is 34.3 Å². The van der Waals surface area contributed by atoms with Gasteiger partial charge in [0.15, 0.2) is 5.16 Å². The molecule has 5 nitrogen and oxygen atoms in total. The molecule has 0 aliphatic heterocycles. The number of para-hydroxylation sites is 1. The Morgan fingerprint density at radius 1 is 1.33 bits per heavy atom. The van der Waals surface area contributed by atoms with Crippen LogP contribution in [0, 0.1) is 0 Å². The van der Waals surface area contributed by atoms with Crippen LogP contribution in [0.2, 0.25) is 0 Å². The van der Waals surface area contributed by atoms with E-state index in [1.54, 1.807) is 11.8 Å². The van der Waals surface area contributed by atoms with E-state index >= 15 is 0 Å². The number of carbonyl (C=O) groups is 1. The van der Waals surface area contributed by atoms with Gasteiger partial charge in [-0.3, -0.25) is 9.36 Å². The fourth-order valence-corrected chi connectivity index (χ4v) is 3.23. The maximum absolute atomic E-state index is 10.8. The molecule has 0 radical (unpaired) electrons. The molecule has 2 aromatic rings. The van der Waals surface area contributed by atoms with Crippen molar-refractivity contribution in [3.63, 3.8) is 0 Å². The first-order valence-electron chi connectivity index (χ1n) is 6.59. The highest BCUT2D eigenvalue weighted by Crippen LogP contribution is 2.29. The smallest absolute Gasteiger partial charge is 0.313 e. The zero-order valence-electron chi connectivity index (χ0n) is 11.9. The molecule has 0 fully saturated rings. The lowest BCUT2D eigenvalue weighted by Gasteiger charge is -2.12. The van der Waals surface area contributed by atoms with Gasteiger partial charge >= 0.3 is 5.97 Å². The van der Waals surface area contributed by atoms with Gasteiger partial charge in [0.1, 0.15) is 5.82 Å². The minimum Gasteiger partial charge on any atom is -0.481 e. The van der Waals surface area contributed by atoms with E-state index in [4.69, 9.17) is 5.11 Å². The molecular formula is C14H17N3O2S2. The molecule has 0 bridgehead atoms. The van der Waals surface area contributed by atoms with Crippen molar-refractivity contribution in [3.05, 3.63) is 30.1 Å². The van der Waals surface area contributed by atoms with Crippen molar-refractivity contribution in [2.45, 2.75) is 29.8 Å². The van der Waals surface area contributed by atoms with Crippen molar-refractivity contribution in [1.82, 2.24) is 14.8 Å². The van der Waals surface area contributed by atoms with Crippen molar-refractivity contribution < 1.29 is 9.90 Å². The molecule has 7 heteroatoms. The molecule has 1 aromatic heterocycles. The third-order valence-corrected chi connectivity index (χ3v) is 4.52. The van der Waals surface area contributed by atoms with Crippen LogP contribution in [0.25, 0.3) is 5.69 Å². The third kappa shape index (κ3) is 3.79. The quantitative estimate of drug-likeness (QED) is 0.790. The Morgan fingerprint density at radius 3 is 2.76 bits per heavy atom. The minimum atomic E-state index is -0.857. The molecule has 0 aliphatic rings. The summed E-state index contributed by atoms with van der Waals surface area (Å²) < 4.78 is 1.98. The van der Waals surface area contributed by atoms with Gasteiger partial charge in [0.25, 0.3) is 0 Å². The summed E-state index contributed by atoms with van der Waals surface area (Å²) >= 11 is 2.85. The van der Waals surface area contributed by atoms with E-state index in [1.165, 1.54) is 11.8 Å². The summed E-state index contributed by atoms with van der Waals surface area (Å²) in [6.07, 6.45) is 3.79. The molecular weight excluding hydrogens is 306 g/mol. The maximum Gasteiger partial charge on any atom is 0.313 e. The summed E-state index contributed by atoms with van der Waals surface area (Å²) in [4.78, 5) is 11.9. The molecule has 0 spiro atoms. The van der Waals surface area contributed by atoms with E-state index in [0.717, 1.165) is 29.2 Å². The van der Waals surface area contributed by atoms with Gasteiger partial charge in [-0.15, -0.1) is 22.0 Å². The Balaban J connectivity index is 2.47. The molecule has 1 heterocycles. The second-order valence-corrected chi connectivity index (χ2v) is 6.13. The van der Waals surface area contributed by atoms with E-state index in [9.17, 15) is 4.79 Å². The van der Waals surface area contributed by atoms with Crippen LogP contribution in [0.5, 0.6) is 0 Å². The number of aromatic nitrogens is 3. The van der Waals surface area contributed by atoms with Crippen LogP contribution in [-0.4, -0.2) is 37.8 Å². The first-order chi connectivity index (χ1) is 10.2. The van der Waals surface area contributed by atoms with Gasteiger partial charge in [-0.25, -0.2) is 0 Å². The van der Waals surface area contributed by atoms with E-state index in [1.807, 2.05) is 35.1 Å².